The van der Waals surface area contributed by atoms with E-state index in [2.05, 4.69) is 32.6 Å². The zero-order valence-corrected chi connectivity index (χ0v) is 15.7. The molecule has 6 heteroatoms. The van der Waals surface area contributed by atoms with E-state index < -0.39 is 0 Å². The van der Waals surface area contributed by atoms with Gasteiger partial charge in [-0.25, -0.2) is 0 Å². The van der Waals surface area contributed by atoms with Gasteiger partial charge in [0, 0.05) is 44.1 Å². The lowest BCUT2D eigenvalue weighted by molar-refractivity contribution is 0.665. The first-order valence-electron chi connectivity index (χ1n) is 7.07. The Bertz CT molecular complexity index is 552. The minimum absolute atomic E-state index is 0. The number of hydrogen-bond donors (Lipinski definition) is 2. The molecule has 1 aromatic carbocycles. The van der Waals surface area contributed by atoms with Crippen molar-refractivity contribution in [1.82, 2.24) is 15.2 Å². The van der Waals surface area contributed by atoms with Gasteiger partial charge in [-0.3, -0.25) is 4.99 Å². The van der Waals surface area contributed by atoms with Crippen molar-refractivity contribution in [3.63, 3.8) is 0 Å². The van der Waals surface area contributed by atoms with Crippen LogP contribution in [-0.4, -0.2) is 30.7 Å². The first-order valence-corrected chi connectivity index (χ1v) is 7.45. The maximum Gasteiger partial charge on any atom is 0.191 e. The number of guanidine groups is 1. The third-order valence-electron chi connectivity index (χ3n) is 3.17. The Kier molecular flexibility index (Phi) is 9.00. The lowest BCUT2D eigenvalue weighted by Gasteiger charge is -2.12. The van der Waals surface area contributed by atoms with Crippen LogP contribution in [0, 0.1) is 0 Å². The van der Waals surface area contributed by atoms with E-state index in [1.165, 1.54) is 5.56 Å². The number of halogens is 2. The molecule has 0 aliphatic rings. The van der Waals surface area contributed by atoms with Crippen LogP contribution < -0.4 is 10.6 Å². The number of aliphatic imine (C=N–C) groups is 1. The second-order valence-corrected chi connectivity index (χ2v) is 5.16. The van der Waals surface area contributed by atoms with Gasteiger partial charge in [0.2, 0.25) is 0 Å². The molecule has 1 heterocycles. The SMILES string of the molecule is CN=C(NCCc1ccc(Cl)cc1)NCCn1cccc1.I. The van der Waals surface area contributed by atoms with Gasteiger partial charge >= 0.3 is 0 Å². The van der Waals surface area contributed by atoms with Gasteiger partial charge in [-0.2, -0.15) is 0 Å². The average Bonchev–Trinajstić information content (AvgIpc) is 3.01. The summed E-state index contributed by atoms with van der Waals surface area (Å²) in [7, 11) is 1.79. The van der Waals surface area contributed by atoms with Crippen LogP contribution in [0.4, 0.5) is 0 Å². The molecule has 2 rings (SSSR count). The zero-order valence-electron chi connectivity index (χ0n) is 12.6. The van der Waals surface area contributed by atoms with E-state index in [0.717, 1.165) is 37.0 Å². The number of aromatic nitrogens is 1. The van der Waals surface area contributed by atoms with E-state index in [9.17, 15) is 0 Å². The molecule has 0 unspecified atom stereocenters. The van der Waals surface area contributed by atoms with Crippen molar-refractivity contribution in [2.45, 2.75) is 13.0 Å². The molecule has 0 saturated heterocycles. The summed E-state index contributed by atoms with van der Waals surface area (Å²) in [5.41, 5.74) is 1.26. The van der Waals surface area contributed by atoms with Gasteiger partial charge in [-0.05, 0) is 36.2 Å². The van der Waals surface area contributed by atoms with E-state index in [4.69, 9.17) is 11.6 Å². The molecule has 0 atom stereocenters. The number of hydrogen-bond acceptors (Lipinski definition) is 1. The van der Waals surface area contributed by atoms with E-state index in [0.29, 0.717) is 0 Å². The lowest BCUT2D eigenvalue weighted by Crippen LogP contribution is -2.39. The molecular formula is C16H22ClIN4. The van der Waals surface area contributed by atoms with Crippen LogP contribution in [0.1, 0.15) is 5.56 Å². The Morgan fingerprint density at radius 2 is 1.73 bits per heavy atom. The third kappa shape index (κ3) is 6.70. The highest BCUT2D eigenvalue weighted by Crippen LogP contribution is 2.09. The largest absolute Gasteiger partial charge is 0.356 e. The molecule has 0 spiro atoms. The number of nitrogens with zero attached hydrogens (tertiary/aromatic N) is 2. The standard InChI is InChI=1S/C16H21ClN4.HI/c1-18-16(20-10-13-21-11-2-3-12-21)19-9-8-14-4-6-15(17)7-5-14;/h2-7,11-12H,8-10,13H2,1H3,(H2,18,19,20);1H. The summed E-state index contributed by atoms with van der Waals surface area (Å²) in [6.45, 7) is 2.60. The van der Waals surface area contributed by atoms with Crippen molar-refractivity contribution in [2.24, 2.45) is 4.99 Å². The fourth-order valence-corrected chi connectivity index (χ4v) is 2.15. The minimum Gasteiger partial charge on any atom is -0.356 e. The first kappa shape index (κ1) is 18.8. The van der Waals surface area contributed by atoms with Crippen LogP contribution in [0.25, 0.3) is 0 Å². The third-order valence-corrected chi connectivity index (χ3v) is 3.42. The smallest absolute Gasteiger partial charge is 0.191 e. The molecule has 0 amide bonds. The van der Waals surface area contributed by atoms with Crippen molar-refractivity contribution in [1.29, 1.82) is 0 Å². The molecular weight excluding hydrogens is 411 g/mol. The number of nitrogens with one attached hydrogen (secondary N) is 2. The summed E-state index contributed by atoms with van der Waals surface area (Å²) in [6.07, 6.45) is 5.05. The van der Waals surface area contributed by atoms with Gasteiger partial charge in [-0.1, -0.05) is 23.7 Å². The van der Waals surface area contributed by atoms with Crippen LogP contribution in [-0.2, 0) is 13.0 Å². The molecule has 0 fully saturated rings. The van der Waals surface area contributed by atoms with E-state index in [1.807, 2.05) is 36.4 Å². The van der Waals surface area contributed by atoms with Crippen molar-refractivity contribution >= 4 is 41.5 Å². The van der Waals surface area contributed by atoms with Crippen molar-refractivity contribution < 1.29 is 0 Å². The molecule has 120 valence electrons. The molecule has 0 radical (unpaired) electrons. The van der Waals surface area contributed by atoms with E-state index in [1.54, 1.807) is 7.05 Å². The molecule has 2 N–H and O–H groups in total. The summed E-state index contributed by atoms with van der Waals surface area (Å²) in [4.78, 5) is 4.22. The van der Waals surface area contributed by atoms with E-state index in [-0.39, 0.29) is 24.0 Å². The molecule has 0 saturated carbocycles. The Hall–Kier alpha value is -1.21. The quantitative estimate of drug-likeness (QED) is 0.418. The molecule has 4 nitrogen and oxygen atoms in total. The van der Waals surface area contributed by atoms with Crippen LogP contribution >= 0.6 is 35.6 Å². The molecule has 0 aliphatic carbocycles. The Labute approximate surface area is 154 Å². The van der Waals surface area contributed by atoms with Gasteiger partial charge < -0.3 is 15.2 Å². The average molecular weight is 433 g/mol. The Balaban J connectivity index is 0.00000242. The molecule has 0 bridgehead atoms. The Morgan fingerprint density at radius 1 is 1.09 bits per heavy atom. The lowest BCUT2D eigenvalue weighted by atomic mass is 10.1. The van der Waals surface area contributed by atoms with Crippen molar-refractivity contribution in [2.75, 3.05) is 20.1 Å². The molecule has 22 heavy (non-hydrogen) atoms. The van der Waals surface area contributed by atoms with Crippen LogP contribution in [0.2, 0.25) is 5.02 Å². The monoisotopic (exact) mass is 432 g/mol. The van der Waals surface area contributed by atoms with Gasteiger partial charge in [-0.15, -0.1) is 24.0 Å². The maximum atomic E-state index is 5.87. The highest BCUT2D eigenvalue weighted by Gasteiger charge is 1.98. The summed E-state index contributed by atoms with van der Waals surface area (Å²) < 4.78 is 2.13. The van der Waals surface area contributed by atoms with Crippen LogP contribution in [0.3, 0.4) is 0 Å². The highest BCUT2D eigenvalue weighted by atomic mass is 127. The second-order valence-electron chi connectivity index (χ2n) is 4.72. The predicted molar refractivity (Wildman–Crippen MR) is 104 cm³/mol. The number of benzene rings is 1. The maximum absolute atomic E-state index is 5.87. The van der Waals surface area contributed by atoms with Crippen LogP contribution in [0.5, 0.6) is 0 Å². The molecule has 0 aliphatic heterocycles. The summed E-state index contributed by atoms with van der Waals surface area (Å²) in [5, 5.41) is 7.38. The minimum atomic E-state index is 0. The zero-order chi connectivity index (χ0) is 14.9. The van der Waals surface area contributed by atoms with Crippen molar-refractivity contribution in [3.8, 4) is 0 Å². The van der Waals surface area contributed by atoms with E-state index >= 15 is 0 Å². The fraction of sp³-hybridized carbons (Fsp3) is 0.312. The highest BCUT2D eigenvalue weighted by molar-refractivity contribution is 14.0. The topological polar surface area (TPSA) is 41.4 Å². The van der Waals surface area contributed by atoms with Crippen LogP contribution in [0.15, 0.2) is 53.8 Å². The summed E-state index contributed by atoms with van der Waals surface area (Å²) in [6, 6.07) is 12.0. The van der Waals surface area contributed by atoms with Gasteiger partial charge in [0.05, 0.1) is 0 Å². The van der Waals surface area contributed by atoms with Gasteiger partial charge in [0.1, 0.15) is 0 Å². The first-order chi connectivity index (χ1) is 10.3. The molecule has 2 aromatic rings. The second kappa shape index (κ2) is 10.5. The summed E-state index contributed by atoms with van der Waals surface area (Å²) >= 11 is 5.87. The Morgan fingerprint density at radius 3 is 2.36 bits per heavy atom. The predicted octanol–water partition coefficient (Wildman–Crippen LogP) is 3.17. The molecule has 1 aromatic heterocycles. The van der Waals surface area contributed by atoms with Crippen molar-refractivity contribution in [3.05, 3.63) is 59.4 Å². The van der Waals surface area contributed by atoms with Gasteiger partial charge in [0.25, 0.3) is 0 Å². The van der Waals surface area contributed by atoms with Gasteiger partial charge in [0.15, 0.2) is 5.96 Å². The normalized spacial score (nSPS) is 10.9. The fourth-order valence-electron chi connectivity index (χ4n) is 2.02. The summed E-state index contributed by atoms with van der Waals surface area (Å²) in [5.74, 6) is 0.830. The number of rotatable bonds is 6.